The molecule has 0 amide bonds. The number of benzene rings is 1. The van der Waals surface area contributed by atoms with Crippen molar-refractivity contribution in [3.63, 3.8) is 0 Å². The molecular weight excluding hydrogens is 416 g/mol. The Bertz CT molecular complexity index is 1150. The van der Waals surface area contributed by atoms with E-state index < -0.39 is 0 Å². The number of nitrogens with one attached hydrogen (secondary N) is 2. The zero-order valence-corrected chi connectivity index (χ0v) is 20.7. The van der Waals surface area contributed by atoms with E-state index in [0.717, 1.165) is 53.4 Å². The number of nitrogens with zero attached hydrogens (tertiary/aromatic N) is 2. The molecule has 0 spiro atoms. The van der Waals surface area contributed by atoms with Gasteiger partial charge in [-0.3, -0.25) is 4.98 Å². The van der Waals surface area contributed by atoms with Crippen LogP contribution in [0.3, 0.4) is 0 Å². The fourth-order valence-corrected chi connectivity index (χ4v) is 4.54. The number of aromatic nitrogens is 2. The second-order valence-electron chi connectivity index (χ2n) is 9.26. The van der Waals surface area contributed by atoms with Gasteiger partial charge in [-0.05, 0) is 62.7 Å². The maximum Gasteiger partial charge on any atom is 0.0871 e. The zero-order chi connectivity index (χ0) is 23.6. The van der Waals surface area contributed by atoms with Crippen molar-refractivity contribution in [1.82, 2.24) is 15.3 Å². The molecule has 4 nitrogen and oxygen atoms in total. The van der Waals surface area contributed by atoms with Gasteiger partial charge in [0.25, 0.3) is 0 Å². The number of aryl methyl sites for hydroxylation is 1. The van der Waals surface area contributed by atoms with E-state index in [4.69, 9.17) is 9.97 Å². The second kappa shape index (κ2) is 12.4. The fraction of sp³-hybridized carbons (Fsp3) is 0.400. The predicted molar refractivity (Wildman–Crippen MR) is 146 cm³/mol. The number of allylic oxidation sites excluding steroid dienone is 2. The molecule has 2 N–H and O–H groups in total. The largest absolute Gasteiger partial charge is 0.385 e. The minimum Gasteiger partial charge on any atom is -0.385 e. The fourth-order valence-electron chi connectivity index (χ4n) is 4.54. The molecule has 2 aromatic heterocycles. The number of fused-ring (bicyclic) bond motifs is 1. The van der Waals surface area contributed by atoms with Crippen molar-refractivity contribution in [2.75, 3.05) is 11.9 Å². The summed E-state index contributed by atoms with van der Waals surface area (Å²) in [5.74, 6) is 0. The van der Waals surface area contributed by atoms with Gasteiger partial charge in [-0.25, -0.2) is 4.98 Å². The monoisotopic (exact) mass is 454 g/mol. The molecule has 1 aliphatic rings. The van der Waals surface area contributed by atoms with Crippen LogP contribution in [0.15, 0.2) is 60.8 Å². The molecule has 4 heteroatoms. The van der Waals surface area contributed by atoms with Gasteiger partial charge >= 0.3 is 0 Å². The van der Waals surface area contributed by atoms with Gasteiger partial charge in [0, 0.05) is 28.9 Å². The molecular formula is C30H38N4. The van der Waals surface area contributed by atoms with E-state index in [-0.39, 0.29) is 0 Å². The molecule has 0 saturated carbocycles. The van der Waals surface area contributed by atoms with E-state index in [1.165, 1.54) is 55.9 Å². The molecule has 178 valence electrons. The Morgan fingerprint density at radius 3 is 2.56 bits per heavy atom. The van der Waals surface area contributed by atoms with Crippen LogP contribution in [0, 0.1) is 6.92 Å². The molecule has 3 aromatic rings. The predicted octanol–water partition coefficient (Wildman–Crippen LogP) is 7.87. The third-order valence-corrected chi connectivity index (χ3v) is 6.46. The zero-order valence-electron chi connectivity index (χ0n) is 20.7. The highest BCUT2D eigenvalue weighted by Crippen LogP contribution is 2.30. The van der Waals surface area contributed by atoms with E-state index >= 15 is 0 Å². The van der Waals surface area contributed by atoms with Crippen LogP contribution in [0.5, 0.6) is 0 Å². The van der Waals surface area contributed by atoms with Crippen LogP contribution in [0.25, 0.3) is 22.2 Å². The number of hydrogen-bond acceptors (Lipinski definition) is 4. The summed E-state index contributed by atoms with van der Waals surface area (Å²) in [4.78, 5) is 9.86. The molecule has 0 bridgehead atoms. The minimum atomic E-state index is 0.934. The molecule has 0 fully saturated rings. The van der Waals surface area contributed by atoms with Crippen molar-refractivity contribution in [2.24, 2.45) is 0 Å². The maximum atomic E-state index is 5.09. The highest BCUT2D eigenvalue weighted by atomic mass is 14.9. The second-order valence-corrected chi connectivity index (χ2v) is 9.26. The molecule has 1 aromatic carbocycles. The Morgan fingerprint density at radius 2 is 1.71 bits per heavy atom. The van der Waals surface area contributed by atoms with Crippen LogP contribution in [-0.4, -0.2) is 16.5 Å². The maximum absolute atomic E-state index is 5.09. The van der Waals surface area contributed by atoms with Crippen LogP contribution in [0.1, 0.15) is 81.8 Å². The van der Waals surface area contributed by atoms with Gasteiger partial charge in [-0.2, -0.15) is 0 Å². The summed E-state index contributed by atoms with van der Waals surface area (Å²) in [6.07, 6.45) is 15.4. The van der Waals surface area contributed by atoms with Crippen molar-refractivity contribution in [1.29, 1.82) is 0 Å². The first-order valence-electron chi connectivity index (χ1n) is 13.0. The lowest BCUT2D eigenvalue weighted by Gasteiger charge is -2.14. The SMILES string of the molecule is CCCCCCCCCNc1ccc2ccc(C3=C(c4cccc(C)n4)NC=CCC3)nc2c1. The molecule has 1 aliphatic heterocycles. The Balaban J connectivity index is 1.49. The summed E-state index contributed by atoms with van der Waals surface area (Å²) < 4.78 is 0. The Labute approximate surface area is 204 Å². The minimum absolute atomic E-state index is 0.934. The molecule has 34 heavy (non-hydrogen) atoms. The topological polar surface area (TPSA) is 49.8 Å². The van der Waals surface area contributed by atoms with Gasteiger partial charge in [0.15, 0.2) is 0 Å². The summed E-state index contributed by atoms with van der Waals surface area (Å²) in [7, 11) is 0. The number of rotatable bonds is 11. The quantitative estimate of drug-likeness (QED) is 0.289. The lowest BCUT2D eigenvalue weighted by Crippen LogP contribution is -2.08. The number of anilines is 1. The van der Waals surface area contributed by atoms with Gasteiger partial charge in [0.1, 0.15) is 0 Å². The number of hydrogen-bond donors (Lipinski definition) is 2. The third kappa shape index (κ3) is 6.47. The van der Waals surface area contributed by atoms with Crippen LogP contribution in [-0.2, 0) is 0 Å². The van der Waals surface area contributed by atoms with Gasteiger partial charge in [0.2, 0.25) is 0 Å². The first-order chi connectivity index (χ1) is 16.7. The summed E-state index contributed by atoms with van der Waals surface area (Å²) in [6.45, 7) is 5.32. The van der Waals surface area contributed by atoms with Gasteiger partial charge in [0.05, 0.1) is 22.6 Å². The molecule has 4 rings (SSSR count). The summed E-state index contributed by atoms with van der Waals surface area (Å²) in [6, 6.07) is 17.0. The Hall–Kier alpha value is -3.14. The molecule has 3 heterocycles. The Morgan fingerprint density at radius 1 is 0.882 bits per heavy atom. The first-order valence-corrected chi connectivity index (χ1v) is 13.0. The highest BCUT2D eigenvalue weighted by molar-refractivity contribution is 5.91. The summed E-state index contributed by atoms with van der Waals surface area (Å²) >= 11 is 0. The van der Waals surface area contributed by atoms with E-state index in [1.807, 2.05) is 19.2 Å². The molecule has 0 aliphatic carbocycles. The summed E-state index contributed by atoms with van der Waals surface area (Å²) in [5.41, 5.74) is 7.45. The van der Waals surface area contributed by atoms with Crippen molar-refractivity contribution in [3.8, 4) is 0 Å². The lowest BCUT2D eigenvalue weighted by atomic mass is 10.0. The van der Waals surface area contributed by atoms with Gasteiger partial charge in [-0.1, -0.05) is 69.7 Å². The lowest BCUT2D eigenvalue weighted by molar-refractivity contribution is 0.596. The summed E-state index contributed by atoms with van der Waals surface area (Å²) in [5, 5.41) is 8.24. The number of pyridine rings is 2. The van der Waals surface area contributed by atoms with Crippen molar-refractivity contribution in [2.45, 2.75) is 71.6 Å². The normalized spacial score (nSPS) is 13.7. The van der Waals surface area contributed by atoms with E-state index in [0.29, 0.717) is 0 Å². The molecule has 0 saturated heterocycles. The van der Waals surface area contributed by atoms with Crippen molar-refractivity contribution < 1.29 is 0 Å². The first kappa shape index (κ1) is 24.0. The van der Waals surface area contributed by atoms with Gasteiger partial charge < -0.3 is 10.6 Å². The van der Waals surface area contributed by atoms with Gasteiger partial charge in [-0.15, -0.1) is 0 Å². The molecule has 0 unspecified atom stereocenters. The third-order valence-electron chi connectivity index (χ3n) is 6.46. The Kier molecular flexibility index (Phi) is 8.72. The van der Waals surface area contributed by atoms with E-state index in [2.05, 4.69) is 66.1 Å². The van der Waals surface area contributed by atoms with Crippen molar-refractivity contribution >= 4 is 27.9 Å². The van der Waals surface area contributed by atoms with Crippen LogP contribution >= 0.6 is 0 Å². The van der Waals surface area contributed by atoms with Crippen LogP contribution in [0.4, 0.5) is 5.69 Å². The highest BCUT2D eigenvalue weighted by Gasteiger charge is 2.15. The van der Waals surface area contributed by atoms with Crippen molar-refractivity contribution in [3.05, 3.63) is 77.9 Å². The number of unbranched alkanes of at least 4 members (excludes halogenated alkanes) is 6. The average molecular weight is 455 g/mol. The van der Waals surface area contributed by atoms with Crippen LogP contribution < -0.4 is 10.6 Å². The molecule has 0 radical (unpaired) electrons. The smallest absolute Gasteiger partial charge is 0.0871 e. The standard InChI is InChI=1S/C30H38N4/c1-3-4-5-6-7-8-10-20-31-25-18-16-24-17-19-27(34-29(24)22-25)26-14-9-11-21-32-30(26)28-15-12-13-23(2)33-28/h11-13,15-19,21-22,31-32H,3-10,14,20H2,1-2H3. The molecule has 0 atom stereocenters. The van der Waals surface area contributed by atoms with E-state index in [1.54, 1.807) is 0 Å². The van der Waals surface area contributed by atoms with Crippen LogP contribution in [0.2, 0.25) is 0 Å². The van der Waals surface area contributed by atoms with E-state index in [9.17, 15) is 0 Å². The average Bonchev–Trinajstić information content (AvgIpc) is 3.11.